The minimum absolute atomic E-state index is 0.0135. The van der Waals surface area contributed by atoms with Crippen molar-refractivity contribution in [3.05, 3.63) is 59.7 Å². The molecule has 1 atom stereocenters. The largest absolute Gasteiger partial charge is 0.444 e. The third-order valence-corrected chi connectivity index (χ3v) is 7.52. The van der Waals surface area contributed by atoms with E-state index in [-0.39, 0.29) is 38.1 Å². The topological polar surface area (TPSA) is 157 Å². The van der Waals surface area contributed by atoms with Crippen LogP contribution >= 0.6 is 0 Å². The molecule has 0 heterocycles. The van der Waals surface area contributed by atoms with Crippen LogP contribution in [-0.2, 0) is 36.7 Å². The minimum Gasteiger partial charge on any atom is -0.444 e. The number of carbonyl (C=O) groups is 5. The molecule has 0 bridgehead atoms. The first-order valence-corrected chi connectivity index (χ1v) is 17.2. The number of aldehydes is 1. The molecule has 0 fully saturated rings. The summed E-state index contributed by atoms with van der Waals surface area (Å²) in [6.45, 7) is 11.6. The lowest BCUT2D eigenvalue weighted by Gasteiger charge is -2.30. The average molecular weight is 681 g/mol. The van der Waals surface area contributed by atoms with Crippen molar-refractivity contribution in [1.82, 2.24) is 15.5 Å². The van der Waals surface area contributed by atoms with E-state index in [0.29, 0.717) is 32.4 Å². The second kappa shape index (κ2) is 20.3. The lowest BCUT2D eigenvalue weighted by Crippen LogP contribution is -2.49. The summed E-state index contributed by atoms with van der Waals surface area (Å²) in [5.41, 5.74) is 8.67. The number of hydrogen-bond donors (Lipinski definition) is 3. The highest BCUT2D eigenvalue weighted by molar-refractivity contribution is 6.27. The number of nitrogens with two attached hydrogens (primary N) is 1. The number of benzene rings is 2. The van der Waals surface area contributed by atoms with E-state index in [4.69, 9.17) is 15.2 Å². The second-order valence-corrected chi connectivity index (χ2v) is 14.1. The van der Waals surface area contributed by atoms with Crippen LogP contribution in [0.15, 0.2) is 48.5 Å². The predicted octanol–water partition coefficient (Wildman–Crippen LogP) is 5.75. The van der Waals surface area contributed by atoms with Crippen molar-refractivity contribution in [3.8, 4) is 11.1 Å². The van der Waals surface area contributed by atoms with Crippen molar-refractivity contribution in [3.63, 3.8) is 0 Å². The Hall–Kier alpha value is -4.25. The molecule has 4 N–H and O–H groups in total. The van der Waals surface area contributed by atoms with Crippen molar-refractivity contribution in [2.45, 2.75) is 110 Å². The van der Waals surface area contributed by atoms with Crippen molar-refractivity contribution in [1.29, 1.82) is 0 Å². The van der Waals surface area contributed by atoms with E-state index in [9.17, 15) is 24.0 Å². The van der Waals surface area contributed by atoms with Gasteiger partial charge in [0, 0.05) is 26.1 Å². The number of aryl methyl sites for hydroxylation is 2. The van der Waals surface area contributed by atoms with E-state index in [0.717, 1.165) is 36.0 Å². The Balaban J connectivity index is 2.08. The number of carbonyl (C=O) groups excluding carboxylic acids is 5. The zero-order chi connectivity index (χ0) is 36.5. The zero-order valence-electron chi connectivity index (χ0n) is 30.1. The molecule has 11 heteroatoms. The molecule has 0 saturated carbocycles. The molecule has 11 nitrogen and oxygen atoms in total. The predicted molar refractivity (Wildman–Crippen MR) is 191 cm³/mol. The highest BCUT2D eigenvalue weighted by Gasteiger charge is 2.29. The molecule has 0 unspecified atom stereocenters. The highest BCUT2D eigenvalue weighted by atomic mass is 16.6. The number of unbranched alkanes of at least 4 members (excludes halogenated alkanes) is 2. The van der Waals surface area contributed by atoms with Crippen molar-refractivity contribution < 1.29 is 33.4 Å². The fraction of sp³-hybridized carbons (Fsp3) is 0.553. The summed E-state index contributed by atoms with van der Waals surface area (Å²) in [5.74, 6) is -1.03. The van der Waals surface area contributed by atoms with E-state index in [2.05, 4.69) is 34.9 Å². The Morgan fingerprint density at radius 3 is 1.73 bits per heavy atom. The maximum Gasteiger partial charge on any atom is 0.407 e. The van der Waals surface area contributed by atoms with Crippen LogP contribution in [0.2, 0.25) is 0 Å². The summed E-state index contributed by atoms with van der Waals surface area (Å²) < 4.78 is 10.5. The van der Waals surface area contributed by atoms with E-state index in [1.807, 2.05) is 24.3 Å². The van der Waals surface area contributed by atoms with Crippen LogP contribution in [0.3, 0.4) is 0 Å². The Labute approximate surface area is 291 Å². The van der Waals surface area contributed by atoms with Gasteiger partial charge in [-0.1, -0.05) is 48.5 Å². The molecule has 3 amide bonds. The summed E-state index contributed by atoms with van der Waals surface area (Å²) in [6.07, 6.45) is 3.83. The summed E-state index contributed by atoms with van der Waals surface area (Å²) in [6, 6.07) is 15.5. The first kappa shape index (κ1) is 40.9. The molecule has 49 heavy (non-hydrogen) atoms. The first-order valence-electron chi connectivity index (χ1n) is 17.2. The average Bonchev–Trinajstić information content (AvgIpc) is 3.03. The molecule has 0 aromatic heterocycles. The summed E-state index contributed by atoms with van der Waals surface area (Å²) >= 11 is 0. The number of Topliss-reactive ketones (excluding diaryl/α,β-unsaturated/α-hetero) is 1. The van der Waals surface area contributed by atoms with Gasteiger partial charge < -0.3 is 30.7 Å². The lowest BCUT2D eigenvalue weighted by atomic mass is 9.99. The number of nitrogens with one attached hydrogen (secondary N) is 2. The number of nitrogens with zero attached hydrogens (tertiary/aromatic N) is 1. The Morgan fingerprint density at radius 1 is 0.735 bits per heavy atom. The standard InChI is InChI=1S/C38H56N4O7/c1-37(2,3)48-35(46)40-24-10-8-12-32(33(44)27-43)42(26-25-41-36(47)49-38(4,5)6)34(45)22-17-29-15-20-31(21-16-29)30-18-13-28(14-19-30)11-7-9-23-39/h13-16,18-21,27,32H,7-12,17,22-26,39H2,1-6H3,(H,40,46)(H,41,47)/t32-/m0/s1. The van der Waals surface area contributed by atoms with Gasteiger partial charge in [0.15, 0.2) is 6.29 Å². The Morgan fingerprint density at radius 2 is 1.24 bits per heavy atom. The van der Waals surface area contributed by atoms with Gasteiger partial charge in [-0.05, 0) is 115 Å². The van der Waals surface area contributed by atoms with Crippen molar-refractivity contribution >= 4 is 30.2 Å². The number of rotatable bonds is 19. The van der Waals surface area contributed by atoms with Crippen LogP contribution < -0.4 is 16.4 Å². The Bertz CT molecular complexity index is 1350. The van der Waals surface area contributed by atoms with Crippen LogP contribution in [0.5, 0.6) is 0 Å². The molecule has 0 radical (unpaired) electrons. The number of alkyl carbamates (subject to hydrolysis) is 2. The number of amides is 3. The highest BCUT2D eigenvalue weighted by Crippen LogP contribution is 2.22. The minimum atomic E-state index is -1.01. The van der Waals surface area contributed by atoms with Gasteiger partial charge in [-0.2, -0.15) is 0 Å². The number of hydrogen-bond acceptors (Lipinski definition) is 8. The van der Waals surface area contributed by atoms with Crippen molar-refractivity contribution in [2.24, 2.45) is 5.73 Å². The summed E-state index contributed by atoms with van der Waals surface area (Å²) in [4.78, 5) is 63.7. The third kappa shape index (κ3) is 16.6. The second-order valence-electron chi connectivity index (χ2n) is 14.1. The fourth-order valence-corrected chi connectivity index (χ4v) is 5.14. The van der Waals surface area contributed by atoms with E-state index >= 15 is 0 Å². The molecule has 270 valence electrons. The lowest BCUT2D eigenvalue weighted by molar-refractivity contribution is -0.142. The van der Waals surface area contributed by atoms with Crippen LogP contribution in [0.1, 0.15) is 91.2 Å². The zero-order valence-corrected chi connectivity index (χ0v) is 30.1. The van der Waals surface area contributed by atoms with E-state index in [1.54, 1.807) is 41.5 Å². The quantitative estimate of drug-likeness (QED) is 0.0962. The molecule has 0 aliphatic carbocycles. The monoisotopic (exact) mass is 680 g/mol. The molecule has 0 aliphatic heterocycles. The molecular weight excluding hydrogens is 624 g/mol. The van der Waals surface area contributed by atoms with Gasteiger partial charge in [0.25, 0.3) is 0 Å². The van der Waals surface area contributed by atoms with Crippen LogP contribution in [-0.4, -0.2) is 78.5 Å². The molecule has 0 saturated heterocycles. The summed E-state index contributed by atoms with van der Waals surface area (Å²) in [5, 5.41) is 5.31. The van der Waals surface area contributed by atoms with Crippen LogP contribution in [0, 0.1) is 0 Å². The normalized spacial score (nSPS) is 12.1. The van der Waals surface area contributed by atoms with Gasteiger partial charge in [-0.25, -0.2) is 9.59 Å². The van der Waals surface area contributed by atoms with Gasteiger partial charge in [0.2, 0.25) is 11.7 Å². The van der Waals surface area contributed by atoms with Gasteiger partial charge in [-0.15, -0.1) is 0 Å². The molecule has 2 rings (SSSR count). The molecular formula is C38H56N4O7. The van der Waals surface area contributed by atoms with E-state index in [1.165, 1.54) is 10.5 Å². The number of ketones is 1. The summed E-state index contributed by atoms with van der Waals surface area (Å²) in [7, 11) is 0. The van der Waals surface area contributed by atoms with Gasteiger partial charge >= 0.3 is 12.2 Å². The number of ether oxygens (including phenoxy) is 2. The van der Waals surface area contributed by atoms with Crippen molar-refractivity contribution in [2.75, 3.05) is 26.2 Å². The van der Waals surface area contributed by atoms with Gasteiger partial charge in [0.05, 0.1) is 6.04 Å². The van der Waals surface area contributed by atoms with E-state index < -0.39 is 35.2 Å². The smallest absolute Gasteiger partial charge is 0.407 e. The third-order valence-electron chi connectivity index (χ3n) is 7.52. The maximum atomic E-state index is 13.6. The molecule has 0 spiro atoms. The van der Waals surface area contributed by atoms with Gasteiger partial charge in [-0.3, -0.25) is 14.4 Å². The maximum absolute atomic E-state index is 13.6. The SMILES string of the molecule is CC(C)(C)OC(=O)NCCCC[C@@H](C(=O)C=O)N(CCNC(=O)OC(C)(C)C)C(=O)CCc1ccc(-c2ccc(CCCCN)cc2)cc1. The molecule has 2 aromatic carbocycles. The first-order chi connectivity index (χ1) is 23.1. The fourth-order valence-electron chi connectivity index (χ4n) is 5.14. The van der Waals surface area contributed by atoms with Gasteiger partial charge in [0.1, 0.15) is 11.2 Å². The van der Waals surface area contributed by atoms with Crippen LogP contribution in [0.4, 0.5) is 9.59 Å². The molecule has 0 aliphatic rings. The van der Waals surface area contributed by atoms with Crippen LogP contribution in [0.25, 0.3) is 11.1 Å². The Kier molecular flexibility index (Phi) is 17.0. The molecule has 2 aromatic rings.